The van der Waals surface area contributed by atoms with Gasteiger partial charge in [0, 0.05) is 38.5 Å². The summed E-state index contributed by atoms with van der Waals surface area (Å²) >= 11 is 6.33. The minimum Gasteiger partial charge on any atom is -0.341 e. The lowest BCUT2D eigenvalue weighted by Crippen LogP contribution is -2.21. The predicted octanol–water partition coefficient (Wildman–Crippen LogP) is 6.30. The lowest BCUT2D eigenvalue weighted by atomic mass is 9.92. The SMILES string of the molecule is N#Cc1c(-c2cc(NC(=O)c3cc(F)cc(C(F)(F)F)c3)c3c(c2)C(=O)N[C@H]3c2cc(F)ccc2Cl)ccc2ncnn12. The van der Waals surface area contributed by atoms with Crippen LogP contribution in [-0.2, 0) is 6.18 Å². The molecule has 8 nitrogen and oxygen atoms in total. The molecule has 3 heterocycles. The minimum atomic E-state index is -4.93. The second-order valence-corrected chi connectivity index (χ2v) is 9.88. The molecule has 0 unspecified atom stereocenters. The molecule has 0 spiro atoms. The Morgan fingerprint density at radius 1 is 1.02 bits per heavy atom. The summed E-state index contributed by atoms with van der Waals surface area (Å²) in [6, 6.07) is 11.7. The number of aromatic nitrogens is 3. The Kier molecular flexibility index (Phi) is 6.58. The molecular formula is C29H14ClF5N6O2. The number of amides is 2. The van der Waals surface area contributed by atoms with Crippen LogP contribution in [0.5, 0.6) is 0 Å². The number of rotatable bonds is 4. The molecule has 1 atom stereocenters. The quantitative estimate of drug-likeness (QED) is 0.233. The standard InChI is InChI=1S/C29H14ClF5N6O2/c30-21-3-1-16(31)10-19(21)26-25-20(28(43)40-26)7-13(18-2-4-24-37-12-38-41(24)23(18)11-36)8-22(25)39-27(42)14-5-15(29(33,34)35)9-17(32)6-14/h1-10,12,26H,(H,39,42)(H,40,43)/t26-/m0/s1. The van der Waals surface area contributed by atoms with Gasteiger partial charge in [-0.1, -0.05) is 11.6 Å². The molecule has 0 aliphatic carbocycles. The lowest BCUT2D eigenvalue weighted by Gasteiger charge is -2.19. The normalized spacial score (nSPS) is 14.3. The number of nitrogens with one attached hydrogen (secondary N) is 2. The molecule has 5 aromatic rings. The van der Waals surface area contributed by atoms with Crippen molar-refractivity contribution in [2.45, 2.75) is 12.2 Å². The van der Waals surface area contributed by atoms with Crippen molar-refractivity contribution in [3.05, 3.63) is 117 Å². The zero-order valence-electron chi connectivity index (χ0n) is 21.3. The Morgan fingerprint density at radius 2 is 1.81 bits per heavy atom. The molecule has 0 fully saturated rings. The van der Waals surface area contributed by atoms with Crippen molar-refractivity contribution in [3.8, 4) is 17.2 Å². The van der Waals surface area contributed by atoms with Crippen LogP contribution in [0.2, 0.25) is 5.02 Å². The van der Waals surface area contributed by atoms with Crippen molar-refractivity contribution in [3.63, 3.8) is 0 Å². The maximum absolute atomic E-state index is 14.2. The van der Waals surface area contributed by atoms with Gasteiger partial charge in [-0.05, 0) is 66.2 Å². The number of halogens is 6. The molecule has 0 saturated heterocycles. The van der Waals surface area contributed by atoms with Crippen LogP contribution in [0.15, 0.2) is 67.0 Å². The van der Waals surface area contributed by atoms with E-state index in [0.29, 0.717) is 17.8 Å². The largest absolute Gasteiger partial charge is 0.416 e. The van der Waals surface area contributed by atoms with Crippen LogP contribution in [0.1, 0.15) is 49.1 Å². The van der Waals surface area contributed by atoms with E-state index in [0.717, 1.165) is 12.1 Å². The van der Waals surface area contributed by atoms with Crippen LogP contribution in [0.4, 0.5) is 27.6 Å². The molecule has 0 saturated carbocycles. The van der Waals surface area contributed by atoms with Gasteiger partial charge < -0.3 is 10.6 Å². The third-order valence-electron chi connectivity index (χ3n) is 6.85. The van der Waals surface area contributed by atoms with E-state index in [1.807, 2.05) is 6.07 Å². The van der Waals surface area contributed by atoms with Gasteiger partial charge in [0.25, 0.3) is 11.8 Å². The third kappa shape index (κ3) is 4.91. The maximum atomic E-state index is 14.2. The summed E-state index contributed by atoms with van der Waals surface area (Å²) in [5.41, 5.74) is -0.897. The summed E-state index contributed by atoms with van der Waals surface area (Å²) in [6.07, 6.45) is -3.69. The van der Waals surface area contributed by atoms with Gasteiger partial charge >= 0.3 is 6.18 Å². The molecule has 43 heavy (non-hydrogen) atoms. The monoisotopic (exact) mass is 608 g/mol. The Morgan fingerprint density at radius 3 is 2.56 bits per heavy atom. The van der Waals surface area contributed by atoms with E-state index in [4.69, 9.17) is 11.6 Å². The van der Waals surface area contributed by atoms with E-state index in [1.54, 1.807) is 12.1 Å². The van der Waals surface area contributed by atoms with Crippen molar-refractivity contribution in [2.24, 2.45) is 0 Å². The van der Waals surface area contributed by atoms with Crippen LogP contribution in [0.25, 0.3) is 16.8 Å². The summed E-state index contributed by atoms with van der Waals surface area (Å²) in [7, 11) is 0. The molecule has 1 aliphatic heterocycles. The van der Waals surface area contributed by atoms with Crippen molar-refractivity contribution in [1.82, 2.24) is 19.9 Å². The van der Waals surface area contributed by atoms with E-state index in [9.17, 15) is 36.8 Å². The molecular weight excluding hydrogens is 595 g/mol. The first kappa shape index (κ1) is 27.8. The Bertz CT molecular complexity index is 2030. The summed E-state index contributed by atoms with van der Waals surface area (Å²) in [5.74, 6) is -3.72. The summed E-state index contributed by atoms with van der Waals surface area (Å²) in [6.45, 7) is 0. The van der Waals surface area contributed by atoms with Gasteiger partial charge in [-0.15, -0.1) is 0 Å². The number of carbonyl (C=O) groups is 2. The number of benzene rings is 3. The van der Waals surface area contributed by atoms with Crippen molar-refractivity contribution >= 4 is 34.7 Å². The Labute approximate surface area is 243 Å². The molecule has 2 N–H and O–H groups in total. The minimum absolute atomic E-state index is 0.0101. The summed E-state index contributed by atoms with van der Waals surface area (Å²) < 4.78 is 69.7. The molecule has 3 aromatic carbocycles. The first-order valence-corrected chi connectivity index (χ1v) is 12.7. The number of nitrogens with zero attached hydrogens (tertiary/aromatic N) is 4. The van der Waals surface area contributed by atoms with Crippen molar-refractivity contribution < 1.29 is 31.5 Å². The number of fused-ring (bicyclic) bond motifs is 2. The van der Waals surface area contributed by atoms with Crippen LogP contribution in [0.3, 0.4) is 0 Å². The fourth-order valence-corrected chi connectivity index (χ4v) is 5.19. The molecule has 0 bridgehead atoms. The van der Waals surface area contributed by atoms with E-state index < -0.39 is 46.8 Å². The van der Waals surface area contributed by atoms with Gasteiger partial charge in [-0.25, -0.2) is 18.3 Å². The molecule has 2 amide bonds. The van der Waals surface area contributed by atoms with E-state index >= 15 is 0 Å². The fourth-order valence-electron chi connectivity index (χ4n) is 4.97. The van der Waals surface area contributed by atoms with Crippen LogP contribution in [-0.4, -0.2) is 26.4 Å². The highest BCUT2D eigenvalue weighted by Gasteiger charge is 2.36. The van der Waals surface area contributed by atoms with E-state index in [2.05, 4.69) is 20.7 Å². The molecule has 2 aromatic heterocycles. The van der Waals surface area contributed by atoms with Crippen LogP contribution >= 0.6 is 11.6 Å². The maximum Gasteiger partial charge on any atom is 0.416 e. The van der Waals surface area contributed by atoms with Gasteiger partial charge in [-0.3, -0.25) is 9.59 Å². The average molecular weight is 609 g/mol. The first-order chi connectivity index (χ1) is 20.4. The van der Waals surface area contributed by atoms with E-state index in [-0.39, 0.29) is 50.3 Å². The molecule has 14 heteroatoms. The van der Waals surface area contributed by atoms with Gasteiger partial charge in [0.15, 0.2) is 11.3 Å². The Hall–Kier alpha value is -5.35. The second kappa shape index (κ2) is 10.2. The van der Waals surface area contributed by atoms with Crippen LogP contribution < -0.4 is 10.6 Å². The zero-order chi connectivity index (χ0) is 30.6. The van der Waals surface area contributed by atoms with Crippen molar-refractivity contribution in [2.75, 3.05) is 5.32 Å². The van der Waals surface area contributed by atoms with Crippen molar-refractivity contribution in [1.29, 1.82) is 5.26 Å². The van der Waals surface area contributed by atoms with Gasteiger partial charge in [-0.2, -0.15) is 23.5 Å². The summed E-state index contributed by atoms with van der Waals surface area (Å²) in [5, 5.41) is 19.2. The zero-order valence-corrected chi connectivity index (χ0v) is 22.1. The molecule has 6 rings (SSSR count). The molecule has 0 radical (unpaired) electrons. The number of carbonyl (C=O) groups excluding carboxylic acids is 2. The number of hydrogen-bond acceptors (Lipinski definition) is 5. The smallest absolute Gasteiger partial charge is 0.341 e. The summed E-state index contributed by atoms with van der Waals surface area (Å²) in [4.78, 5) is 30.6. The second-order valence-electron chi connectivity index (χ2n) is 9.48. The van der Waals surface area contributed by atoms with Crippen LogP contribution in [0, 0.1) is 23.0 Å². The number of alkyl halides is 3. The number of nitriles is 1. The highest BCUT2D eigenvalue weighted by molar-refractivity contribution is 6.31. The highest BCUT2D eigenvalue weighted by Crippen LogP contribution is 2.42. The number of pyridine rings is 1. The average Bonchev–Trinajstić information content (AvgIpc) is 3.57. The number of anilines is 1. The third-order valence-corrected chi connectivity index (χ3v) is 7.19. The highest BCUT2D eigenvalue weighted by atomic mass is 35.5. The lowest BCUT2D eigenvalue weighted by molar-refractivity contribution is -0.137. The first-order valence-electron chi connectivity index (χ1n) is 12.3. The topological polar surface area (TPSA) is 112 Å². The van der Waals surface area contributed by atoms with E-state index in [1.165, 1.54) is 29.0 Å². The molecule has 1 aliphatic rings. The van der Waals surface area contributed by atoms with Gasteiger partial charge in [0.05, 0.1) is 11.6 Å². The van der Waals surface area contributed by atoms with Gasteiger partial charge in [0.1, 0.15) is 24.0 Å². The predicted molar refractivity (Wildman–Crippen MR) is 143 cm³/mol. The number of hydrogen-bond donors (Lipinski definition) is 2. The van der Waals surface area contributed by atoms with Gasteiger partial charge in [0.2, 0.25) is 0 Å². The molecule has 214 valence electrons. The Balaban J connectivity index is 1.55. The fraction of sp³-hybridized carbons (Fsp3) is 0.0690.